The van der Waals surface area contributed by atoms with E-state index in [2.05, 4.69) is 39.0 Å². The molecule has 4 nitrogen and oxygen atoms in total. The first-order chi connectivity index (χ1) is 7.09. The summed E-state index contributed by atoms with van der Waals surface area (Å²) in [6, 6.07) is 2.09. The van der Waals surface area contributed by atoms with Crippen molar-refractivity contribution in [1.29, 1.82) is 0 Å². The van der Waals surface area contributed by atoms with Gasteiger partial charge in [-0.15, -0.1) is 11.3 Å². The Labute approximate surface area is 101 Å². The molecule has 0 aromatic carbocycles. The number of primary amides is 1. The van der Waals surface area contributed by atoms with Gasteiger partial charge in [-0.3, -0.25) is 0 Å². The molecule has 0 aliphatic heterocycles. The molecule has 84 valence electrons. The number of carbonyl (C=O) groups is 1. The van der Waals surface area contributed by atoms with Crippen LogP contribution in [0.2, 0.25) is 0 Å². The average molecular weight is 293 g/mol. The molecule has 0 aliphatic rings. The highest BCUT2D eigenvalue weighted by atomic mass is 79.9. The van der Waals surface area contributed by atoms with Gasteiger partial charge in [0.15, 0.2) is 0 Å². The normalized spacial score (nSPS) is 10.3. The molecule has 0 unspecified atom stereocenters. The first-order valence-corrected chi connectivity index (χ1v) is 6.08. The number of hydrogen-bond donors (Lipinski definition) is 2. The van der Waals surface area contributed by atoms with Gasteiger partial charge in [0.05, 0.1) is 0 Å². The summed E-state index contributed by atoms with van der Waals surface area (Å²) in [5.41, 5.74) is 4.82. The number of carbonyl (C=O) groups excluding carboxylic acids is 1. The van der Waals surface area contributed by atoms with Gasteiger partial charge in [0.1, 0.15) is 6.61 Å². The van der Waals surface area contributed by atoms with Crippen LogP contribution in [0.4, 0.5) is 4.79 Å². The summed E-state index contributed by atoms with van der Waals surface area (Å²) in [6.45, 7) is 3.76. The van der Waals surface area contributed by atoms with Crippen LogP contribution in [-0.2, 0) is 11.3 Å². The van der Waals surface area contributed by atoms with Crippen LogP contribution in [0.25, 0.3) is 0 Å². The summed E-state index contributed by atoms with van der Waals surface area (Å²) in [4.78, 5) is 12.8. The Bertz CT molecular complexity index is 321. The standard InChI is InChI=1S/C9H13BrN2O2S/c1-6-8(10)4-7(15-6)5-12-2-3-14-9(11)13/h4,12H,2-3,5H2,1H3,(H2,11,13). The molecule has 1 rings (SSSR count). The lowest BCUT2D eigenvalue weighted by molar-refractivity contribution is 0.157. The molecule has 1 aromatic heterocycles. The second kappa shape index (κ2) is 6.09. The molecule has 0 radical (unpaired) electrons. The van der Waals surface area contributed by atoms with Crippen molar-refractivity contribution in [1.82, 2.24) is 5.32 Å². The van der Waals surface area contributed by atoms with Crippen molar-refractivity contribution in [2.45, 2.75) is 13.5 Å². The van der Waals surface area contributed by atoms with Crippen molar-refractivity contribution in [3.05, 3.63) is 20.3 Å². The zero-order valence-corrected chi connectivity index (χ0v) is 10.8. The molecule has 0 saturated carbocycles. The third kappa shape index (κ3) is 4.63. The Morgan fingerprint density at radius 3 is 3.00 bits per heavy atom. The highest BCUT2D eigenvalue weighted by molar-refractivity contribution is 9.10. The average Bonchev–Trinajstić information content (AvgIpc) is 2.45. The molecule has 0 saturated heterocycles. The third-order valence-corrected chi connectivity index (χ3v) is 3.87. The highest BCUT2D eigenvalue weighted by Gasteiger charge is 2.02. The Balaban J connectivity index is 2.18. The zero-order chi connectivity index (χ0) is 11.3. The van der Waals surface area contributed by atoms with E-state index in [0.717, 1.165) is 11.0 Å². The number of amides is 1. The van der Waals surface area contributed by atoms with Crippen LogP contribution >= 0.6 is 27.3 Å². The number of nitrogens with two attached hydrogens (primary N) is 1. The maximum absolute atomic E-state index is 10.2. The van der Waals surface area contributed by atoms with Crippen LogP contribution < -0.4 is 11.1 Å². The first kappa shape index (κ1) is 12.5. The monoisotopic (exact) mass is 292 g/mol. The smallest absolute Gasteiger partial charge is 0.404 e. The molecule has 1 aromatic rings. The van der Waals surface area contributed by atoms with Crippen molar-refractivity contribution in [3.63, 3.8) is 0 Å². The lowest BCUT2D eigenvalue weighted by Gasteiger charge is -2.02. The number of halogens is 1. The molecular formula is C9H13BrN2O2S. The zero-order valence-electron chi connectivity index (χ0n) is 8.38. The van der Waals surface area contributed by atoms with Gasteiger partial charge in [-0.25, -0.2) is 4.79 Å². The minimum Gasteiger partial charge on any atom is -0.448 e. The number of hydrogen-bond acceptors (Lipinski definition) is 4. The summed E-state index contributed by atoms with van der Waals surface area (Å²) in [5.74, 6) is 0. The predicted molar refractivity (Wildman–Crippen MR) is 64.0 cm³/mol. The van der Waals surface area contributed by atoms with E-state index >= 15 is 0 Å². The van der Waals surface area contributed by atoms with E-state index in [1.807, 2.05) is 0 Å². The van der Waals surface area contributed by atoms with Gasteiger partial charge in [0.2, 0.25) is 0 Å². The van der Waals surface area contributed by atoms with Crippen molar-refractivity contribution in [2.24, 2.45) is 5.73 Å². The van der Waals surface area contributed by atoms with Crippen molar-refractivity contribution >= 4 is 33.4 Å². The lowest BCUT2D eigenvalue weighted by Crippen LogP contribution is -2.22. The maximum Gasteiger partial charge on any atom is 0.404 e. The van der Waals surface area contributed by atoms with E-state index in [4.69, 9.17) is 5.73 Å². The minimum atomic E-state index is -0.730. The Hall–Kier alpha value is -0.590. The molecule has 1 amide bonds. The van der Waals surface area contributed by atoms with E-state index < -0.39 is 6.09 Å². The van der Waals surface area contributed by atoms with Crippen molar-refractivity contribution in [2.75, 3.05) is 13.2 Å². The van der Waals surface area contributed by atoms with E-state index in [1.165, 1.54) is 9.75 Å². The molecule has 0 spiro atoms. The Morgan fingerprint density at radius 2 is 2.47 bits per heavy atom. The summed E-state index contributed by atoms with van der Waals surface area (Å²) < 4.78 is 5.72. The van der Waals surface area contributed by atoms with Crippen LogP contribution in [0.5, 0.6) is 0 Å². The third-order valence-electron chi connectivity index (χ3n) is 1.73. The molecule has 0 atom stereocenters. The van der Waals surface area contributed by atoms with Gasteiger partial charge in [-0.1, -0.05) is 0 Å². The number of aryl methyl sites for hydroxylation is 1. The predicted octanol–water partition coefficient (Wildman–Crippen LogP) is 2.00. The number of thiophene rings is 1. The fourth-order valence-electron chi connectivity index (χ4n) is 1.04. The maximum atomic E-state index is 10.2. The van der Waals surface area contributed by atoms with Crippen molar-refractivity contribution < 1.29 is 9.53 Å². The SMILES string of the molecule is Cc1sc(CNCCOC(N)=O)cc1Br. The number of ether oxygens (including phenoxy) is 1. The molecule has 0 bridgehead atoms. The van der Waals surface area contributed by atoms with Crippen LogP contribution in [0.1, 0.15) is 9.75 Å². The second-order valence-corrected chi connectivity index (χ2v) is 5.16. The molecule has 0 aliphatic carbocycles. The summed E-state index contributed by atoms with van der Waals surface area (Å²) in [6.07, 6.45) is -0.730. The van der Waals surface area contributed by atoms with Gasteiger partial charge < -0.3 is 15.8 Å². The Morgan fingerprint density at radius 1 is 1.73 bits per heavy atom. The van der Waals surface area contributed by atoms with Gasteiger partial charge in [-0.2, -0.15) is 0 Å². The van der Waals surface area contributed by atoms with Gasteiger partial charge in [0, 0.05) is 27.3 Å². The van der Waals surface area contributed by atoms with E-state index in [1.54, 1.807) is 11.3 Å². The number of nitrogens with one attached hydrogen (secondary N) is 1. The van der Waals surface area contributed by atoms with Crippen molar-refractivity contribution in [3.8, 4) is 0 Å². The lowest BCUT2D eigenvalue weighted by atomic mass is 10.4. The summed E-state index contributed by atoms with van der Waals surface area (Å²) >= 11 is 5.19. The fraction of sp³-hybridized carbons (Fsp3) is 0.444. The molecule has 0 fully saturated rings. The van der Waals surface area contributed by atoms with Crippen LogP contribution in [-0.4, -0.2) is 19.2 Å². The topological polar surface area (TPSA) is 64.3 Å². The van der Waals surface area contributed by atoms with Gasteiger partial charge in [-0.05, 0) is 28.9 Å². The fourth-order valence-corrected chi connectivity index (χ4v) is 2.61. The van der Waals surface area contributed by atoms with E-state index in [-0.39, 0.29) is 0 Å². The van der Waals surface area contributed by atoms with E-state index in [0.29, 0.717) is 13.2 Å². The quantitative estimate of drug-likeness (QED) is 0.816. The largest absolute Gasteiger partial charge is 0.448 e. The molecular weight excluding hydrogens is 280 g/mol. The summed E-state index contributed by atoms with van der Waals surface area (Å²) in [5, 5.41) is 3.15. The van der Waals surface area contributed by atoms with E-state index in [9.17, 15) is 4.79 Å². The molecule has 3 N–H and O–H groups in total. The number of rotatable bonds is 5. The first-order valence-electron chi connectivity index (χ1n) is 4.47. The molecule has 6 heteroatoms. The second-order valence-electron chi connectivity index (χ2n) is 2.96. The van der Waals surface area contributed by atoms with Crippen LogP contribution in [0.15, 0.2) is 10.5 Å². The summed E-state index contributed by atoms with van der Waals surface area (Å²) in [7, 11) is 0. The van der Waals surface area contributed by atoms with Crippen LogP contribution in [0.3, 0.4) is 0 Å². The van der Waals surface area contributed by atoms with Crippen LogP contribution in [0, 0.1) is 6.92 Å². The highest BCUT2D eigenvalue weighted by Crippen LogP contribution is 2.25. The van der Waals surface area contributed by atoms with Gasteiger partial charge in [0.25, 0.3) is 0 Å². The Kier molecular flexibility index (Phi) is 5.07. The van der Waals surface area contributed by atoms with Gasteiger partial charge >= 0.3 is 6.09 Å². The molecule has 1 heterocycles. The molecule has 15 heavy (non-hydrogen) atoms. The minimum absolute atomic E-state index is 0.306.